The van der Waals surface area contributed by atoms with Crippen LogP contribution in [-0.2, 0) is 16.8 Å². The number of aliphatic hydroxyl groups is 1. The molecule has 3 nitrogen and oxygen atoms in total. The summed E-state index contributed by atoms with van der Waals surface area (Å²) in [5, 5.41) is 10.1. The second-order valence-electron chi connectivity index (χ2n) is 4.46. The van der Waals surface area contributed by atoms with Crippen LogP contribution in [0.1, 0.15) is 49.2 Å². The summed E-state index contributed by atoms with van der Waals surface area (Å²) in [7, 11) is 0. The highest BCUT2D eigenvalue weighted by molar-refractivity contribution is 5.91. The second-order valence-corrected chi connectivity index (χ2v) is 4.46. The Hall–Kier alpha value is -1.35. The van der Waals surface area contributed by atoms with Gasteiger partial charge in [0.15, 0.2) is 0 Å². The molecule has 0 bridgehead atoms. The Kier molecular flexibility index (Phi) is 4.29. The molecule has 0 fully saturated rings. The van der Waals surface area contributed by atoms with Gasteiger partial charge in [0.25, 0.3) is 0 Å². The van der Waals surface area contributed by atoms with Crippen molar-refractivity contribution in [1.82, 2.24) is 0 Å². The average molecular weight is 236 g/mol. The maximum Gasteiger partial charge on any atom is 0.338 e. The molecule has 0 saturated heterocycles. The van der Waals surface area contributed by atoms with Gasteiger partial charge in [0, 0.05) is 0 Å². The van der Waals surface area contributed by atoms with Crippen LogP contribution in [0.3, 0.4) is 0 Å². The maximum atomic E-state index is 11.8. The molecular weight excluding hydrogens is 216 g/mol. The predicted molar refractivity (Wildman–Crippen MR) is 67.0 cm³/mol. The molecule has 1 aromatic rings. The fourth-order valence-corrected chi connectivity index (χ4v) is 1.94. The minimum atomic E-state index is -0.951. The zero-order chi connectivity index (χ0) is 13.1. The summed E-state index contributed by atoms with van der Waals surface area (Å²) in [5.74, 6) is -0.324. The number of benzene rings is 1. The molecule has 17 heavy (non-hydrogen) atoms. The molecule has 0 aliphatic heterocycles. The van der Waals surface area contributed by atoms with Crippen LogP contribution in [0, 0.1) is 0 Å². The van der Waals surface area contributed by atoms with Crippen LogP contribution in [0.2, 0.25) is 0 Å². The smallest absolute Gasteiger partial charge is 0.338 e. The van der Waals surface area contributed by atoms with Gasteiger partial charge in [-0.2, -0.15) is 0 Å². The summed E-state index contributed by atoms with van der Waals surface area (Å²) in [6, 6.07) is 5.37. The van der Waals surface area contributed by atoms with E-state index in [0.717, 1.165) is 11.1 Å². The number of rotatable bonds is 4. The molecular formula is C14H20O3. The van der Waals surface area contributed by atoms with E-state index in [9.17, 15) is 9.90 Å². The minimum absolute atomic E-state index is 0.324. The molecule has 1 N–H and O–H groups in total. The SMILES string of the molecule is CCOC(=O)c1cccc(C(C)(C)O)c1CC. The molecule has 0 spiro atoms. The summed E-state index contributed by atoms with van der Waals surface area (Å²) in [5.41, 5.74) is 1.24. The van der Waals surface area contributed by atoms with Crippen LogP contribution in [0.5, 0.6) is 0 Å². The summed E-state index contributed by atoms with van der Waals surface area (Å²) < 4.78 is 5.02. The highest BCUT2D eigenvalue weighted by atomic mass is 16.5. The van der Waals surface area contributed by atoms with Gasteiger partial charge in [-0.25, -0.2) is 4.79 Å². The Balaban J connectivity index is 3.29. The van der Waals surface area contributed by atoms with Crippen molar-refractivity contribution in [1.29, 1.82) is 0 Å². The van der Waals surface area contributed by atoms with Crippen LogP contribution >= 0.6 is 0 Å². The monoisotopic (exact) mass is 236 g/mol. The van der Waals surface area contributed by atoms with Crippen LogP contribution in [0.25, 0.3) is 0 Å². The molecule has 0 atom stereocenters. The van der Waals surface area contributed by atoms with E-state index in [2.05, 4.69) is 0 Å². The van der Waals surface area contributed by atoms with E-state index in [0.29, 0.717) is 18.6 Å². The van der Waals surface area contributed by atoms with Crippen molar-refractivity contribution in [2.75, 3.05) is 6.61 Å². The van der Waals surface area contributed by atoms with E-state index in [-0.39, 0.29) is 5.97 Å². The number of carbonyl (C=O) groups is 1. The number of hydrogen-bond donors (Lipinski definition) is 1. The first-order valence-corrected chi connectivity index (χ1v) is 5.93. The molecule has 0 saturated carbocycles. The second kappa shape index (κ2) is 5.32. The van der Waals surface area contributed by atoms with E-state index in [4.69, 9.17) is 4.74 Å². The lowest BCUT2D eigenvalue weighted by atomic mass is 9.89. The molecule has 1 aromatic carbocycles. The van der Waals surface area contributed by atoms with E-state index in [1.165, 1.54) is 0 Å². The number of esters is 1. The van der Waals surface area contributed by atoms with Crippen LogP contribution in [0.4, 0.5) is 0 Å². The van der Waals surface area contributed by atoms with E-state index < -0.39 is 5.60 Å². The Bertz CT molecular complexity index is 402. The van der Waals surface area contributed by atoms with Gasteiger partial charge < -0.3 is 9.84 Å². The van der Waals surface area contributed by atoms with Crippen molar-refractivity contribution in [3.05, 3.63) is 34.9 Å². The Morgan fingerprint density at radius 2 is 2.00 bits per heavy atom. The van der Waals surface area contributed by atoms with Gasteiger partial charge >= 0.3 is 5.97 Å². The van der Waals surface area contributed by atoms with Crippen molar-refractivity contribution in [2.45, 2.75) is 39.7 Å². The summed E-state index contributed by atoms with van der Waals surface area (Å²) in [6.45, 7) is 7.54. The topological polar surface area (TPSA) is 46.5 Å². The molecule has 1 rings (SSSR count). The van der Waals surface area contributed by atoms with Gasteiger partial charge in [0.1, 0.15) is 0 Å². The standard InChI is InChI=1S/C14H20O3/c1-5-10-11(13(15)17-6-2)8-7-9-12(10)14(3,4)16/h7-9,16H,5-6H2,1-4H3. The maximum absolute atomic E-state index is 11.8. The van der Waals surface area contributed by atoms with Crippen molar-refractivity contribution in [3.63, 3.8) is 0 Å². The molecule has 0 aliphatic rings. The lowest BCUT2D eigenvalue weighted by Crippen LogP contribution is -2.20. The van der Waals surface area contributed by atoms with Crippen molar-refractivity contribution >= 4 is 5.97 Å². The minimum Gasteiger partial charge on any atom is -0.462 e. The molecule has 0 amide bonds. The van der Waals surface area contributed by atoms with Gasteiger partial charge in [-0.05, 0) is 44.4 Å². The van der Waals surface area contributed by atoms with Crippen molar-refractivity contribution < 1.29 is 14.6 Å². The zero-order valence-corrected chi connectivity index (χ0v) is 10.9. The van der Waals surface area contributed by atoms with Crippen molar-refractivity contribution in [2.24, 2.45) is 0 Å². The van der Waals surface area contributed by atoms with Gasteiger partial charge in [-0.1, -0.05) is 19.1 Å². The molecule has 3 heteroatoms. The third-order valence-electron chi connectivity index (χ3n) is 2.68. The van der Waals surface area contributed by atoms with Gasteiger partial charge in [-0.3, -0.25) is 0 Å². The largest absolute Gasteiger partial charge is 0.462 e. The summed E-state index contributed by atoms with van der Waals surface area (Å²) >= 11 is 0. The first-order valence-electron chi connectivity index (χ1n) is 5.93. The third-order valence-corrected chi connectivity index (χ3v) is 2.68. The highest BCUT2D eigenvalue weighted by Crippen LogP contribution is 2.27. The van der Waals surface area contributed by atoms with E-state index in [1.54, 1.807) is 32.9 Å². The molecule has 94 valence electrons. The van der Waals surface area contributed by atoms with E-state index >= 15 is 0 Å². The fourth-order valence-electron chi connectivity index (χ4n) is 1.94. The normalized spacial score (nSPS) is 11.4. The highest BCUT2D eigenvalue weighted by Gasteiger charge is 2.23. The molecule has 0 aliphatic carbocycles. The fraction of sp³-hybridized carbons (Fsp3) is 0.500. The van der Waals surface area contributed by atoms with Crippen LogP contribution in [0.15, 0.2) is 18.2 Å². The summed E-state index contributed by atoms with van der Waals surface area (Å²) in [4.78, 5) is 11.8. The Morgan fingerprint density at radius 1 is 1.35 bits per heavy atom. The Morgan fingerprint density at radius 3 is 2.47 bits per heavy atom. The summed E-state index contributed by atoms with van der Waals surface area (Å²) in [6.07, 6.45) is 0.689. The van der Waals surface area contributed by atoms with E-state index in [1.807, 2.05) is 13.0 Å². The lowest BCUT2D eigenvalue weighted by Gasteiger charge is -2.22. The van der Waals surface area contributed by atoms with Crippen LogP contribution in [-0.4, -0.2) is 17.7 Å². The first kappa shape index (κ1) is 13.7. The molecule has 0 aromatic heterocycles. The zero-order valence-electron chi connectivity index (χ0n) is 10.9. The van der Waals surface area contributed by atoms with Crippen molar-refractivity contribution in [3.8, 4) is 0 Å². The lowest BCUT2D eigenvalue weighted by molar-refractivity contribution is 0.0523. The quantitative estimate of drug-likeness (QED) is 0.817. The van der Waals surface area contributed by atoms with Gasteiger partial charge in [0.2, 0.25) is 0 Å². The first-order chi connectivity index (χ1) is 7.91. The number of carbonyl (C=O) groups excluding carboxylic acids is 1. The third kappa shape index (κ3) is 3.07. The number of ether oxygens (including phenoxy) is 1. The molecule has 0 heterocycles. The molecule has 0 unspecified atom stereocenters. The average Bonchev–Trinajstić information content (AvgIpc) is 2.27. The molecule has 0 radical (unpaired) electrons. The van der Waals surface area contributed by atoms with Gasteiger partial charge in [0.05, 0.1) is 17.8 Å². The van der Waals surface area contributed by atoms with Gasteiger partial charge in [-0.15, -0.1) is 0 Å². The number of hydrogen-bond acceptors (Lipinski definition) is 3. The Labute approximate surface area is 102 Å². The van der Waals surface area contributed by atoms with Crippen LogP contribution < -0.4 is 0 Å². The predicted octanol–water partition coefficient (Wildman–Crippen LogP) is 2.65.